The fourth-order valence-corrected chi connectivity index (χ4v) is 2.25. The van der Waals surface area contributed by atoms with Crippen LogP contribution < -0.4 is 5.32 Å². The number of aromatic nitrogens is 2. The molecule has 2 N–H and O–H groups in total. The van der Waals surface area contributed by atoms with E-state index >= 15 is 0 Å². The summed E-state index contributed by atoms with van der Waals surface area (Å²) in [7, 11) is 3.19. The molecule has 0 spiro atoms. The minimum absolute atomic E-state index is 0.219. The summed E-state index contributed by atoms with van der Waals surface area (Å²) in [5, 5.41) is 3.93. The molecule has 0 amide bonds. The molecule has 6 heteroatoms. The summed E-state index contributed by atoms with van der Waals surface area (Å²) in [5.41, 5.74) is -0.599. The van der Waals surface area contributed by atoms with Crippen LogP contribution in [0.1, 0.15) is 19.8 Å². The lowest BCUT2D eigenvalue weighted by atomic mass is 9.97. The molecule has 0 fully saturated rings. The van der Waals surface area contributed by atoms with Gasteiger partial charge in [-0.1, -0.05) is 11.8 Å². The number of esters is 1. The SMILES string of the molecule is CNC(C)(CCCSc1ncc[nH]1)C(=O)OC. The fourth-order valence-electron chi connectivity index (χ4n) is 1.48. The van der Waals surface area contributed by atoms with Gasteiger partial charge in [0.05, 0.1) is 7.11 Å². The summed E-state index contributed by atoms with van der Waals surface area (Å²) in [6, 6.07) is 0. The molecule has 0 saturated carbocycles. The van der Waals surface area contributed by atoms with E-state index in [-0.39, 0.29) is 5.97 Å². The number of thioether (sulfide) groups is 1. The lowest BCUT2D eigenvalue weighted by Gasteiger charge is -2.25. The van der Waals surface area contributed by atoms with Crippen molar-refractivity contribution in [2.75, 3.05) is 19.9 Å². The molecule has 5 nitrogen and oxygen atoms in total. The third-order valence-electron chi connectivity index (χ3n) is 2.72. The normalized spacial score (nSPS) is 14.3. The predicted octanol–water partition coefficient (Wildman–Crippen LogP) is 1.43. The average Bonchev–Trinajstić information content (AvgIpc) is 2.86. The van der Waals surface area contributed by atoms with Crippen LogP contribution in [0.5, 0.6) is 0 Å². The molecule has 0 aliphatic carbocycles. The molecular formula is C11H19N3O2S. The number of rotatable bonds is 7. The Morgan fingerprint density at radius 3 is 3.00 bits per heavy atom. The first kappa shape index (κ1) is 14.1. The Bertz CT molecular complexity index is 342. The number of likely N-dealkylation sites (N-methyl/N-ethyl adjacent to an activating group) is 1. The number of methoxy groups -OCH3 is 1. The minimum Gasteiger partial charge on any atom is -0.468 e. The van der Waals surface area contributed by atoms with E-state index in [4.69, 9.17) is 4.74 Å². The summed E-state index contributed by atoms with van der Waals surface area (Å²) in [6.45, 7) is 1.86. The Balaban J connectivity index is 2.31. The van der Waals surface area contributed by atoms with Gasteiger partial charge in [0.15, 0.2) is 5.16 Å². The number of carbonyl (C=O) groups is 1. The third-order valence-corrected chi connectivity index (χ3v) is 3.71. The summed E-state index contributed by atoms with van der Waals surface area (Å²) in [4.78, 5) is 18.7. The molecule has 0 aromatic carbocycles. The van der Waals surface area contributed by atoms with Crippen LogP contribution in [-0.4, -0.2) is 41.4 Å². The van der Waals surface area contributed by atoms with Gasteiger partial charge in [-0.3, -0.25) is 4.79 Å². The number of ether oxygens (including phenoxy) is 1. The molecule has 0 saturated heterocycles. The number of nitrogens with one attached hydrogen (secondary N) is 2. The Morgan fingerprint density at radius 1 is 1.71 bits per heavy atom. The van der Waals surface area contributed by atoms with Crippen LogP contribution in [0, 0.1) is 0 Å². The van der Waals surface area contributed by atoms with Crippen LogP contribution in [0.2, 0.25) is 0 Å². The van der Waals surface area contributed by atoms with Gasteiger partial charge in [-0.2, -0.15) is 0 Å². The van der Waals surface area contributed by atoms with E-state index in [0.29, 0.717) is 0 Å². The van der Waals surface area contributed by atoms with Crippen molar-refractivity contribution in [1.82, 2.24) is 15.3 Å². The lowest BCUT2D eigenvalue weighted by Crippen LogP contribution is -2.48. The molecule has 0 radical (unpaired) electrons. The van der Waals surface area contributed by atoms with Crippen molar-refractivity contribution in [3.63, 3.8) is 0 Å². The maximum atomic E-state index is 11.6. The largest absolute Gasteiger partial charge is 0.468 e. The zero-order chi connectivity index (χ0) is 12.7. The monoisotopic (exact) mass is 257 g/mol. The van der Waals surface area contributed by atoms with Gasteiger partial charge in [-0.25, -0.2) is 4.98 Å². The lowest BCUT2D eigenvalue weighted by molar-refractivity contribution is -0.148. The maximum Gasteiger partial charge on any atom is 0.325 e. The van der Waals surface area contributed by atoms with E-state index in [1.807, 2.05) is 6.92 Å². The Morgan fingerprint density at radius 2 is 2.47 bits per heavy atom. The number of hydrogen-bond donors (Lipinski definition) is 2. The van der Waals surface area contributed by atoms with Gasteiger partial charge in [0, 0.05) is 18.1 Å². The molecule has 1 heterocycles. The number of imidazole rings is 1. The first-order chi connectivity index (χ1) is 8.12. The van der Waals surface area contributed by atoms with Crippen LogP contribution in [0.4, 0.5) is 0 Å². The van der Waals surface area contributed by atoms with Gasteiger partial charge in [-0.15, -0.1) is 0 Å². The van der Waals surface area contributed by atoms with Crippen molar-refractivity contribution in [3.05, 3.63) is 12.4 Å². The molecular weight excluding hydrogens is 238 g/mol. The van der Waals surface area contributed by atoms with Crippen molar-refractivity contribution >= 4 is 17.7 Å². The standard InChI is InChI=1S/C11H19N3O2S/c1-11(12-2,9(15)16-3)5-4-8-17-10-13-6-7-14-10/h6-7,12H,4-5,8H2,1-3H3,(H,13,14). The summed E-state index contributed by atoms with van der Waals surface area (Å²) >= 11 is 1.65. The number of carbonyl (C=O) groups excluding carboxylic acids is 1. The topological polar surface area (TPSA) is 67.0 Å². The fraction of sp³-hybridized carbons (Fsp3) is 0.636. The smallest absolute Gasteiger partial charge is 0.325 e. The summed E-state index contributed by atoms with van der Waals surface area (Å²) in [6.07, 6.45) is 5.19. The van der Waals surface area contributed by atoms with E-state index < -0.39 is 5.54 Å². The molecule has 1 unspecified atom stereocenters. The van der Waals surface area contributed by atoms with Crippen molar-refractivity contribution in [3.8, 4) is 0 Å². The molecule has 0 aliphatic rings. The van der Waals surface area contributed by atoms with E-state index in [1.54, 1.807) is 31.2 Å². The van der Waals surface area contributed by atoms with Gasteiger partial charge in [0.1, 0.15) is 5.54 Å². The predicted molar refractivity (Wildman–Crippen MR) is 68.0 cm³/mol. The van der Waals surface area contributed by atoms with Crippen LogP contribution in [-0.2, 0) is 9.53 Å². The molecule has 1 aromatic heterocycles. The molecule has 1 atom stereocenters. The second kappa shape index (κ2) is 6.66. The van der Waals surface area contributed by atoms with Crippen molar-refractivity contribution in [2.24, 2.45) is 0 Å². The van der Waals surface area contributed by atoms with E-state index in [1.165, 1.54) is 7.11 Å². The number of H-pyrrole nitrogens is 1. The Hall–Kier alpha value is -1.01. The third kappa shape index (κ3) is 4.05. The van der Waals surface area contributed by atoms with E-state index in [9.17, 15) is 4.79 Å². The van der Waals surface area contributed by atoms with Crippen LogP contribution in [0.3, 0.4) is 0 Å². The molecule has 1 aromatic rings. The number of hydrogen-bond acceptors (Lipinski definition) is 5. The molecule has 17 heavy (non-hydrogen) atoms. The van der Waals surface area contributed by atoms with Gasteiger partial charge in [0.25, 0.3) is 0 Å². The highest BCUT2D eigenvalue weighted by molar-refractivity contribution is 7.99. The summed E-state index contributed by atoms with van der Waals surface area (Å²) < 4.78 is 4.78. The Labute approximate surface area is 106 Å². The number of nitrogens with zero attached hydrogens (tertiary/aromatic N) is 1. The van der Waals surface area contributed by atoms with E-state index in [2.05, 4.69) is 15.3 Å². The maximum absolute atomic E-state index is 11.6. The Kier molecular flexibility index (Phi) is 5.50. The molecule has 0 bridgehead atoms. The first-order valence-corrected chi connectivity index (χ1v) is 6.50. The van der Waals surface area contributed by atoms with Gasteiger partial charge < -0.3 is 15.0 Å². The van der Waals surface area contributed by atoms with Crippen molar-refractivity contribution in [1.29, 1.82) is 0 Å². The van der Waals surface area contributed by atoms with E-state index in [0.717, 1.165) is 23.8 Å². The minimum atomic E-state index is -0.599. The highest BCUT2D eigenvalue weighted by atomic mass is 32.2. The first-order valence-electron chi connectivity index (χ1n) is 5.52. The molecule has 96 valence electrons. The summed E-state index contributed by atoms with van der Waals surface area (Å²) in [5.74, 6) is 0.699. The van der Waals surface area contributed by atoms with Crippen molar-refractivity contribution < 1.29 is 9.53 Å². The quantitative estimate of drug-likeness (QED) is 0.439. The second-order valence-electron chi connectivity index (χ2n) is 3.92. The molecule has 1 rings (SSSR count). The highest BCUT2D eigenvalue weighted by Gasteiger charge is 2.31. The van der Waals surface area contributed by atoms with Crippen LogP contribution in [0.15, 0.2) is 17.6 Å². The molecule has 0 aliphatic heterocycles. The van der Waals surface area contributed by atoms with Crippen molar-refractivity contribution in [2.45, 2.75) is 30.5 Å². The zero-order valence-electron chi connectivity index (χ0n) is 10.4. The van der Waals surface area contributed by atoms with Crippen LogP contribution in [0.25, 0.3) is 0 Å². The van der Waals surface area contributed by atoms with Gasteiger partial charge >= 0.3 is 5.97 Å². The second-order valence-corrected chi connectivity index (χ2v) is 5.00. The zero-order valence-corrected chi connectivity index (χ0v) is 11.3. The van der Waals surface area contributed by atoms with Crippen LogP contribution >= 0.6 is 11.8 Å². The van der Waals surface area contributed by atoms with Gasteiger partial charge in [-0.05, 0) is 26.8 Å². The number of aromatic amines is 1. The van der Waals surface area contributed by atoms with Gasteiger partial charge in [0.2, 0.25) is 0 Å². The highest BCUT2D eigenvalue weighted by Crippen LogP contribution is 2.19. The average molecular weight is 257 g/mol.